The number of ether oxygens (including phenoxy) is 2. The highest BCUT2D eigenvalue weighted by molar-refractivity contribution is 5.79. The second-order valence-corrected chi connectivity index (χ2v) is 6.83. The Morgan fingerprint density at radius 3 is 2.69 bits per heavy atom. The van der Waals surface area contributed by atoms with Crippen LogP contribution < -0.4 is 9.47 Å². The van der Waals surface area contributed by atoms with Gasteiger partial charge in [0.25, 0.3) is 0 Å². The predicted octanol–water partition coefficient (Wildman–Crippen LogP) is 2.77. The molecule has 1 aromatic heterocycles. The maximum absolute atomic E-state index is 12.3. The molecule has 0 bridgehead atoms. The van der Waals surface area contributed by atoms with Gasteiger partial charge in [0.05, 0.1) is 20.1 Å². The third kappa shape index (κ3) is 3.81. The molecule has 140 valence electrons. The molecule has 3 rings (SSSR count). The maximum Gasteiger partial charge on any atom is 0.232 e. The topological polar surface area (TPSA) is 77.7 Å². The molecule has 1 aliphatic rings. The van der Waals surface area contributed by atoms with Crippen molar-refractivity contribution in [2.24, 2.45) is 0 Å². The van der Waals surface area contributed by atoms with Gasteiger partial charge in [-0.25, -0.2) is 0 Å². The largest absolute Gasteiger partial charge is 0.493 e. The number of methoxy groups -OCH3 is 2. The first-order chi connectivity index (χ1) is 12.5. The van der Waals surface area contributed by atoms with E-state index < -0.39 is 0 Å². The van der Waals surface area contributed by atoms with Gasteiger partial charge in [0.15, 0.2) is 17.3 Å². The number of aromatic nitrogens is 2. The third-order valence-corrected chi connectivity index (χ3v) is 4.66. The van der Waals surface area contributed by atoms with Gasteiger partial charge < -0.3 is 18.9 Å². The smallest absolute Gasteiger partial charge is 0.232 e. The molecule has 0 spiro atoms. The Morgan fingerprint density at radius 2 is 2.04 bits per heavy atom. The van der Waals surface area contributed by atoms with Crippen LogP contribution in [-0.2, 0) is 11.2 Å². The molecule has 7 nitrogen and oxygen atoms in total. The zero-order chi connectivity index (χ0) is 18.7. The number of rotatable bonds is 7. The average molecular weight is 359 g/mol. The molecule has 1 aromatic carbocycles. The van der Waals surface area contributed by atoms with E-state index in [9.17, 15) is 4.79 Å². The molecule has 1 atom stereocenters. The lowest BCUT2D eigenvalue weighted by molar-refractivity contribution is -0.127. The van der Waals surface area contributed by atoms with Gasteiger partial charge in [-0.1, -0.05) is 25.1 Å². The van der Waals surface area contributed by atoms with Crippen LogP contribution in [0.3, 0.4) is 0 Å². The Bertz CT molecular complexity index is 772. The molecule has 0 N–H and O–H groups in total. The highest BCUT2D eigenvalue weighted by atomic mass is 16.5. The van der Waals surface area contributed by atoms with Gasteiger partial charge in [-0.15, -0.1) is 0 Å². The lowest BCUT2D eigenvalue weighted by atomic mass is 10.1. The number of hydrogen-bond donors (Lipinski definition) is 0. The second-order valence-electron chi connectivity index (χ2n) is 6.83. The van der Waals surface area contributed by atoms with Crippen molar-refractivity contribution in [1.82, 2.24) is 15.0 Å². The predicted molar refractivity (Wildman–Crippen MR) is 95.6 cm³/mol. The van der Waals surface area contributed by atoms with Crippen molar-refractivity contribution in [3.63, 3.8) is 0 Å². The van der Waals surface area contributed by atoms with Crippen LogP contribution in [0.15, 0.2) is 22.7 Å². The summed E-state index contributed by atoms with van der Waals surface area (Å²) in [6.07, 6.45) is 1.17. The molecule has 1 amide bonds. The van der Waals surface area contributed by atoms with Gasteiger partial charge in [0.2, 0.25) is 11.8 Å². The number of likely N-dealkylation sites (tertiary alicyclic amines) is 1. The van der Waals surface area contributed by atoms with Crippen LogP contribution >= 0.6 is 0 Å². The van der Waals surface area contributed by atoms with Crippen molar-refractivity contribution >= 4 is 5.91 Å². The van der Waals surface area contributed by atoms with Gasteiger partial charge in [-0.2, -0.15) is 4.98 Å². The Hall–Kier alpha value is -2.57. The van der Waals surface area contributed by atoms with E-state index in [1.54, 1.807) is 14.2 Å². The monoisotopic (exact) mass is 359 g/mol. The van der Waals surface area contributed by atoms with Gasteiger partial charge in [0.1, 0.15) is 0 Å². The number of amides is 1. The van der Waals surface area contributed by atoms with Crippen molar-refractivity contribution in [1.29, 1.82) is 0 Å². The summed E-state index contributed by atoms with van der Waals surface area (Å²) in [5, 5.41) is 4.00. The molecule has 26 heavy (non-hydrogen) atoms. The highest BCUT2D eigenvalue weighted by Gasteiger charge is 2.34. The van der Waals surface area contributed by atoms with Gasteiger partial charge in [-0.05, 0) is 24.1 Å². The molecule has 7 heteroatoms. The summed E-state index contributed by atoms with van der Waals surface area (Å²) >= 11 is 0. The molecule has 1 fully saturated rings. The Kier molecular flexibility index (Phi) is 5.44. The van der Waals surface area contributed by atoms with Crippen LogP contribution in [0.5, 0.6) is 11.5 Å². The molecule has 2 aromatic rings. The Balaban J connectivity index is 1.61. The number of nitrogens with zero attached hydrogens (tertiary/aromatic N) is 3. The summed E-state index contributed by atoms with van der Waals surface area (Å²) in [7, 11) is 3.23. The summed E-state index contributed by atoms with van der Waals surface area (Å²) in [6, 6.07) is 5.82. The molecular formula is C19H25N3O4. The first-order valence-corrected chi connectivity index (χ1v) is 8.84. The fraction of sp³-hybridized carbons (Fsp3) is 0.526. The van der Waals surface area contributed by atoms with Crippen molar-refractivity contribution in [3.05, 3.63) is 35.5 Å². The Morgan fingerprint density at radius 1 is 1.27 bits per heavy atom. The zero-order valence-electron chi connectivity index (χ0n) is 15.7. The number of carbonyl (C=O) groups is 1. The molecule has 2 heterocycles. The van der Waals surface area contributed by atoms with E-state index in [0.29, 0.717) is 42.7 Å². The minimum Gasteiger partial charge on any atom is -0.493 e. The van der Waals surface area contributed by atoms with Crippen LogP contribution in [0.4, 0.5) is 0 Å². The first kappa shape index (κ1) is 18.2. The van der Waals surface area contributed by atoms with Crippen molar-refractivity contribution in [2.45, 2.75) is 38.5 Å². The average Bonchev–Trinajstić information content (AvgIpc) is 3.26. The van der Waals surface area contributed by atoms with E-state index in [1.165, 1.54) is 0 Å². The molecule has 1 unspecified atom stereocenters. The van der Waals surface area contributed by atoms with Gasteiger partial charge >= 0.3 is 0 Å². The lowest BCUT2D eigenvalue weighted by Gasteiger charge is -2.16. The van der Waals surface area contributed by atoms with Crippen LogP contribution in [-0.4, -0.2) is 48.3 Å². The third-order valence-electron chi connectivity index (χ3n) is 4.66. The zero-order valence-corrected chi connectivity index (χ0v) is 15.7. The molecule has 1 saturated heterocycles. The molecule has 0 radical (unpaired) electrons. The SMILES string of the molecule is COc1ccc(CCN2CC(c3nc(C(C)C)no3)CC2=O)cc1OC. The number of carbonyl (C=O) groups excluding carboxylic acids is 1. The van der Waals surface area contributed by atoms with E-state index in [4.69, 9.17) is 14.0 Å². The second kappa shape index (κ2) is 7.76. The first-order valence-electron chi connectivity index (χ1n) is 8.84. The van der Waals surface area contributed by atoms with E-state index in [-0.39, 0.29) is 17.7 Å². The summed E-state index contributed by atoms with van der Waals surface area (Å²) in [4.78, 5) is 18.6. The molecule has 0 saturated carbocycles. The lowest BCUT2D eigenvalue weighted by Crippen LogP contribution is -2.27. The molecule has 1 aliphatic heterocycles. The number of benzene rings is 1. The fourth-order valence-electron chi connectivity index (χ4n) is 3.10. The highest BCUT2D eigenvalue weighted by Crippen LogP contribution is 2.30. The maximum atomic E-state index is 12.3. The van der Waals surface area contributed by atoms with Crippen LogP contribution in [0.2, 0.25) is 0 Å². The van der Waals surface area contributed by atoms with E-state index in [2.05, 4.69) is 10.1 Å². The van der Waals surface area contributed by atoms with E-state index in [0.717, 1.165) is 12.0 Å². The van der Waals surface area contributed by atoms with Crippen molar-refractivity contribution < 1.29 is 18.8 Å². The summed E-state index contributed by atoms with van der Waals surface area (Å²) in [6.45, 7) is 5.30. The Labute approximate surface area is 153 Å². The normalized spacial score (nSPS) is 17.2. The van der Waals surface area contributed by atoms with Crippen LogP contribution in [0.25, 0.3) is 0 Å². The summed E-state index contributed by atoms with van der Waals surface area (Å²) < 4.78 is 15.9. The van der Waals surface area contributed by atoms with Crippen molar-refractivity contribution in [2.75, 3.05) is 27.3 Å². The standard InChI is InChI=1S/C19H25N3O4/c1-12(2)18-20-19(26-21-18)14-10-17(23)22(11-14)8-7-13-5-6-15(24-3)16(9-13)25-4/h5-6,9,12,14H,7-8,10-11H2,1-4H3. The molecular weight excluding hydrogens is 334 g/mol. The quantitative estimate of drug-likeness (QED) is 0.756. The van der Waals surface area contributed by atoms with Crippen LogP contribution in [0.1, 0.15) is 49.4 Å². The summed E-state index contributed by atoms with van der Waals surface area (Å²) in [5.41, 5.74) is 1.10. The van der Waals surface area contributed by atoms with E-state index in [1.807, 2.05) is 36.9 Å². The van der Waals surface area contributed by atoms with E-state index >= 15 is 0 Å². The summed E-state index contributed by atoms with van der Waals surface area (Å²) in [5.74, 6) is 2.97. The number of hydrogen-bond acceptors (Lipinski definition) is 6. The molecule has 0 aliphatic carbocycles. The van der Waals surface area contributed by atoms with Gasteiger partial charge in [-0.3, -0.25) is 4.79 Å². The van der Waals surface area contributed by atoms with Crippen molar-refractivity contribution in [3.8, 4) is 11.5 Å². The minimum atomic E-state index is -0.0205. The van der Waals surface area contributed by atoms with Crippen LogP contribution in [0, 0.1) is 0 Å². The minimum absolute atomic E-state index is 0.0205. The fourth-order valence-corrected chi connectivity index (χ4v) is 3.10. The van der Waals surface area contributed by atoms with Gasteiger partial charge in [0, 0.05) is 25.4 Å².